The molecular formula is C23H29N3O5S. The molecule has 0 N–H and O–H groups in total. The summed E-state index contributed by atoms with van der Waals surface area (Å²) in [6, 6.07) is 9.21. The van der Waals surface area contributed by atoms with Crippen molar-refractivity contribution in [3.8, 4) is 0 Å². The minimum Gasteiger partial charge on any atom is -0.466 e. The molecule has 2 aromatic rings. The van der Waals surface area contributed by atoms with E-state index >= 15 is 0 Å². The van der Waals surface area contributed by atoms with E-state index in [0.29, 0.717) is 43.9 Å². The largest absolute Gasteiger partial charge is 0.466 e. The van der Waals surface area contributed by atoms with E-state index in [2.05, 4.69) is 5.16 Å². The lowest BCUT2D eigenvalue weighted by Crippen LogP contribution is -2.45. The fourth-order valence-electron chi connectivity index (χ4n) is 3.61. The van der Waals surface area contributed by atoms with Crippen LogP contribution in [0.2, 0.25) is 0 Å². The van der Waals surface area contributed by atoms with E-state index in [9.17, 15) is 14.4 Å². The van der Waals surface area contributed by atoms with Gasteiger partial charge in [0.1, 0.15) is 5.76 Å². The molecule has 0 atom stereocenters. The second kappa shape index (κ2) is 11.2. The summed E-state index contributed by atoms with van der Waals surface area (Å²) in [6.45, 7) is 4.99. The molecule has 1 aliphatic rings. The highest BCUT2D eigenvalue weighted by Crippen LogP contribution is 2.27. The Hall–Kier alpha value is -2.81. The van der Waals surface area contributed by atoms with Gasteiger partial charge in [-0.2, -0.15) is 0 Å². The first kappa shape index (κ1) is 23.8. The Morgan fingerprint density at radius 2 is 1.97 bits per heavy atom. The number of carbonyl (C=O) groups is 3. The van der Waals surface area contributed by atoms with Crippen molar-refractivity contribution in [1.29, 1.82) is 0 Å². The minimum absolute atomic E-state index is 0.0107. The quantitative estimate of drug-likeness (QED) is 0.442. The van der Waals surface area contributed by atoms with Gasteiger partial charge in [-0.05, 0) is 38.8 Å². The maximum absolute atomic E-state index is 13.1. The molecular weight excluding hydrogens is 430 g/mol. The fourth-order valence-corrected chi connectivity index (χ4v) is 4.53. The number of benzene rings is 1. The molecule has 1 saturated heterocycles. The van der Waals surface area contributed by atoms with Gasteiger partial charge in [-0.3, -0.25) is 14.4 Å². The second-order valence-corrected chi connectivity index (χ2v) is 8.80. The molecule has 0 saturated carbocycles. The van der Waals surface area contributed by atoms with Crippen molar-refractivity contribution in [2.24, 2.45) is 5.92 Å². The molecule has 0 bridgehead atoms. The number of thioether (sulfide) groups is 1. The van der Waals surface area contributed by atoms with Gasteiger partial charge >= 0.3 is 5.97 Å². The van der Waals surface area contributed by atoms with Crippen LogP contribution >= 0.6 is 11.8 Å². The lowest BCUT2D eigenvalue weighted by atomic mass is 9.97. The lowest BCUT2D eigenvalue weighted by molar-refractivity contribution is -0.151. The average molecular weight is 460 g/mol. The zero-order chi connectivity index (χ0) is 23.1. The Labute approximate surface area is 192 Å². The number of nitrogens with zero attached hydrogens (tertiary/aromatic N) is 3. The summed E-state index contributed by atoms with van der Waals surface area (Å²) < 4.78 is 10.3. The highest BCUT2D eigenvalue weighted by molar-refractivity contribution is 7.98. The molecule has 3 rings (SSSR count). The third-order valence-corrected chi connectivity index (χ3v) is 6.45. The molecule has 1 aromatic heterocycles. The van der Waals surface area contributed by atoms with Gasteiger partial charge in [-0.1, -0.05) is 17.3 Å². The van der Waals surface area contributed by atoms with Crippen LogP contribution in [0.4, 0.5) is 0 Å². The number of rotatable bonds is 8. The number of hydrogen-bond donors (Lipinski definition) is 0. The number of likely N-dealkylation sites (tertiary alicyclic amines) is 1. The van der Waals surface area contributed by atoms with E-state index < -0.39 is 0 Å². The second-order valence-electron chi connectivity index (χ2n) is 7.79. The van der Waals surface area contributed by atoms with Crippen LogP contribution in [0.15, 0.2) is 39.8 Å². The molecule has 0 aliphatic carbocycles. The van der Waals surface area contributed by atoms with E-state index in [1.54, 1.807) is 24.9 Å². The summed E-state index contributed by atoms with van der Waals surface area (Å²) >= 11 is 1.49. The van der Waals surface area contributed by atoms with Crippen molar-refractivity contribution in [2.45, 2.75) is 37.3 Å². The summed E-state index contributed by atoms with van der Waals surface area (Å²) in [6.07, 6.45) is 1.17. The maximum atomic E-state index is 13.1. The van der Waals surface area contributed by atoms with Crippen molar-refractivity contribution in [1.82, 2.24) is 15.0 Å². The Kier molecular flexibility index (Phi) is 8.33. The molecule has 1 fully saturated rings. The first-order valence-electron chi connectivity index (χ1n) is 10.7. The summed E-state index contributed by atoms with van der Waals surface area (Å²) in [4.78, 5) is 41.7. The number of aromatic nitrogens is 1. The molecule has 2 amide bonds. The zero-order valence-corrected chi connectivity index (χ0v) is 19.5. The van der Waals surface area contributed by atoms with Gasteiger partial charge in [0.2, 0.25) is 5.91 Å². The predicted molar refractivity (Wildman–Crippen MR) is 120 cm³/mol. The standard InChI is InChI=1S/C23H29N3O5S/c1-4-30-23(29)17-9-11-26(12-10-17)21(27)14-25(3)22(28)19-7-5-6-8-20(19)32-15-18-13-16(2)24-31-18/h5-8,13,17H,4,9-12,14-15H2,1-3H3. The van der Waals surface area contributed by atoms with Gasteiger partial charge in [-0.15, -0.1) is 11.8 Å². The Balaban J connectivity index is 1.55. The number of likely N-dealkylation sites (N-methyl/N-ethyl adjacent to an activating group) is 1. The van der Waals surface area contributed by atoms with Crippen molar-refractivity contribution in [3.05, 3.63) is 47.3 Å². The number of piperidine rings is 1. The average Bonchev–Trinajstić information content (AvgIpc) is 3.22. The first-order valence-corrected chi connectivity index (χ1v) is 11.7. The number of amides is 2. The number of esters is 1. The number of ether oxygens (including phenoxy) is 1. The Morgan fingerprint density at radius 3 is 2.62 bits per heavy atom. The third kappa shape index (κ3) is 6.12. The summed E-state index contributed by atoms with van der Waals surface area (Å²) in [5, 5.41) is 3.88. The van der Waals surface area contributed by atoms with Gasteiger partial charge in [0.25, 0.3) is 5.91 Å². The highest BCUT2D eigenvalue weighted by Gasteiger charge is 2.29. The van der Waals surface area contributed by atoms with Crippen LogP contribution < -0.4 is 0 Å². The lowest BCUT2D eigenvalue weighted by Gasteiger charge is -2.32. The SMILES string of the molecule is CCOC(=O)C1CCN(C(=O)CN(C)C(=O)c2ccccc2SCc2cc(C)no2)CC1. The molecule has 1 aliphatic heterocycles. The molecule has 172 valence electrons. The topological polar surface area (TPSA) is 93.0 Å². The first-order chi connectivity index (χ1) is 15.4. The third-order valence-electron chi connectivity index (χ3n) is 5.35. The molecule has 32 heavy (non-hydrogen) atoms. The minimum atomic E-state index is -0.211. The predicted octanol–water partition coefficient (Wildman–Crippen LogP) is 3.15. The van der Waals surface area contributed by atoms with E-state index in [1.807, 2.05) is 31.2 Å². The molecule has 0 spiro atoms. The Bertz CT molecular complexity index is 953. The Morgan fingerprint density at radius 1 is 1.25 bits per heavy atom. The van der Waals surface area contributed by atoms with Crippen molar-refractivity contribution in [2.75, 3.05) is 33.3 Å². The van der Waals surface area contributed by atoms with E-state index in [1.165, 1.54) is 16.7 Å². The van der Waals surface area contributed by atoms with Crippen molar-refractivity contribution in [3.63, 3.8) is 0 Å². The van der Waals surface area contributed by atoms with Gasteiger partial charge in [0.15, 0.2) is 0 Å². The fraction of sp³-hybridized carbons (Fsp3) is 0.478. The molecule has 0 radical (unpaired) electrons. The van der Waals surface area contributed by atoms with Gasteiger partial charge in [0.05, 0.1) is 36.1 Å². The van der Waals surface area contributed by atoms with E-state index in [-0.39, 0.29) is 30.2 Å². The molecule has 0 unspecified atom stereocenters. The molecule has 1 aromatic carbocycles. The van der Waals surface area contributed by atoms with Gasteiger partial charge in [0, 0.05) is 31.1 Å². The molecule has 8 nitrogen and oxygen atoms in total. The number of aryl methyl sites for hydroxylation is 1. The molecule has 2 heterocycles. The maximum Gasteiger partial charge on any atom is 0.309 e. The smallest absolute Gasteiger partial charge is 0.309 e. The van der Waals surface area contributed by atoms with Crippen LogP contribution in [-0.4, -0.2) is 66.0 Å². The number of carbonyl (C=O) groups excluding carboxylic acids is 3. The monoisotopic (exact) mass is 459 g/mol. The summed E-state index contributed by atoms with van der Waals surface area (Å²) in [5.74, 6) is 0.617. The van der Waals surface area contributed by atoms with Crippen LogP contribution in [0.1, 0.15) is 41.6 Å². The van der Waals surface area contributed by atoms with Crippen LogP contribution in [0.25, 0.3) is 0 Å². The van der Waals surface area contributed by atoms with Gasteiger partial charge in [-0.25, -0.2) is 0 Å². The van der Waals surface area contributed by atoms with Crippen molar-refractivity contribution < 1.29 is 23.6 Å². The normalized spacial score (nSPS) is 14.3. The van der Waals surface area contributed by atoms with Crippen LogP contribution in [0.5, 0.6) is 0 Å². The number of hydrogen-bond acceptors (Lipinski definition) is 7. The molecule has 9 heteroatoms. The summed E-state index contributed by atoms with van der Waals surface area (Å²) in [7, 11) is 1.63. The zero-order valence-electron chi connectivity index (χ0n) is 18.7. The van der Waals surface area contributed by atoms with Crippen LogP contribution in [-0.2, 0) is 20.1 Å². The van der Waals surface area contributed by atoms with E-state index in [0.717, 1.165) is 16.3 Å². The van der Waals surface area contributed by atoms with E-state index in [4.69, 9.17) is 9.26 Å². The van der Waals surface area contributed by atoms with Crippen LogP contribution in [0, 0.1) is 12.8 Å². The van der Waals surface area contributed by atoms with Gasteiger partial charge < -0.3 is 19.1 Å². The highest BCUT2D eigenvalue weighted by atomic mass is 32.2. The van der Waals surface area contributed by atoms with Crippen LogP contribution in [0.3, 0.4) is 0 Å². The van der Waals surface area contributed by atoms with Crippen molar-refractivity contribution >= 4 is 29.5 Å². The summed E-state index contributed by atoms with van der Waals surface area (Å²) in [5.41, 5.74) is 1.36.